The Bertz CT molecular complexity index is 317. The first kappa shape index (κ1) is 13.8. The fourth-order valence-corrected chi connectivity index (χ4v) is 1.50. The van der Waals surface area contributed by atoms with Crippen LogP contribution < -0.4 is 14.8 Å². The molecule has 4 heteroatoms. The first-order valence-corrected chi connectivity index (χ1v) is 5.88. The van der Waals surface area contributed by atoms with E-state index in [1.807, 2.05) is 31.2 Å². The fourth-order valence-electron chi connectivity index (χ4n) is 1.50. The molecule has 0 heterocycles. The monoisotopic (exact) mass is 239 g/mol. The van der Waals surface area contributed by atoms with Crippen molar-refractivity contribution >= 4 is 0 Å². The van der Waals surface area contributed by atoms with Gasteiger partial charge in [0.15, 0.2) is 11.5 Å². The molecule has 0 aliphatic heterocycles. The number of hydrogen-bond donors (Lipinski definition) is 2. The summed E-state index contributed by atoms with van der Waals surface area (Å²) in [6.07, 6.45) is 0.759. The normalized spacial score (nSPS) is 12.2. The number of ether oxygens (including phenoxy) is 2. The van der Waals surface area contributed by atoms with Gasteiger partial charge < -0.3 is 19.9 Å². The summed E-state index contributed by atoms with van der Waals surface area (Å²) in [7, 11) is 1.63. The van der Waals surface area contributed by atoms with Crippen LogP contribution in [0.15, 0.2) is 24.3 Å². The molecule has 0 saturated carbocycles. The summed E-state index contributed by atoms with van der Waals surface area (Å²) in [4.78, 5) is 0. The van der Waals surface area contributed by atoms with E-state index in [-0.39, 0.29) is 6.61 Å². The fraction of sp³-hybridized carbons (Fsp3) is 0.538. The van der Waals surface area contributed by atoms with Crippen molar-refractivity contribution in [1.82, 2.24) is 5.32 Å². The zero-order chi connectivity index (χ0) is 12.5. The van der Waals surface area contributed by atoms with Gasteiger partial charge in [0.05, 0.1) is 7.11 Å². The van der Waals surface area contributed by atoms with E-state index < -0.39 is 0 Å². The number of aliphatic hydroxyl groups is 1. The summed E-state index contributed by atoms with van der Waals surface area (Å²) >= 11 is 0. The van der Waals surface area contributed by atoms with Crippen molar-refractivity contribution in [2.45, 2.75) is 19.4 Å². The van der Waals surface area contributed by atoms with Crippen LogP contribution >= 0.6 is 0 Å². The third-order valence-electron chi connectivity index (χ3n) is 2.48. The Balaban J connectivity index is 2.26. The van der Waals surface area contributed by atoms with E-state index in [1.165, 1.54) is 0 Å². The molecule has 1 aromatic carbocycles. The first-order chi connectivity index (χ1) is 8.27. The van der Waals surface area contributed by atoms with Crippen LogP contribution in [0.3, 0.4) is 0 Å². The number of rotatable bonds is 8. The molecule has 0 amide bonds. The molecule has 0 fully saturated rings. The zero-order valence-electron chi connectivity index (χ0n) is 10.5. The van der Waals surface area contributed by atoms with Crippen molar-refractivity contribution in [3.63, 3.8) is 0 Å². The molecular weight excluding hydrogens is 218 g/mol. The molecule has 0 aromatic heterocycles. The number of benzene rings is 1. The third-order valence-corrected chi connectivity index (χ3v) is 2.48. The summed E-state index contributed by atoms with van der Waals surface area (Å²) < 4.78 is 10.8. The molecule has 4 nitrogen and oxygen atoms in total. The van der Waals surface area contributed by atoms with Gasteiger partial charge in [0.25, 0.3) is 0 Å². The molecular formula is C13H21NO3. The Morgan fingerprint density at radius 1 is 1.29 bits per heavy atom. The van der Waals surface area contributed by atoms with Gasteiger partial charge in [-0.25, -0.2) is 0 Å². The number of aliphatic hydroxyl groups excluding tert-OH is 1. The standard InChI is InChI=1S/C13H21NO3/c1-11(7-9-15)14-8-10-17-13-6-4-3-5-12(13)16-2/h3-6,11,14-15H,7-10H2,1-2H3. The van der Waals surface area contributed by atoms with Crippen molar-refractivity contribution in [2.24, 2.45) is 0 Å². The van der Waals surface area contributed by atoms with Crippen LogP contribution in [-0.2, 0) is 0 Å². The molecule has 96 valence electrons. The average Bonchev–Trinajstić information content (AvgIpc) is 2.35. The summed E-state index contributed by atoms with van der Waals surface area (Å²) in [6, 6.07) is 7.89. The van der Waals surface area contributed by atoms with Gasteiger partial charge >= 0.3 is 0 Å². The second-order valence-electron chi connectivity index (χ2n) is 3.87. The van der Waals surface area contributed by atoms with Crippen LogP contribution in [0.4, 0.5) is 0 Å². The van der Waals surface area contributed by atoms with E-state index in [0.717, 1.165) is 24.5 Å². The summed E-state index contributed by atoms with van der Waals surface area (Å²) in [6.45, 7) is 3.58. The highest BCUT2D eigenvalue weighted by Crippen LogP contribution is 2.25. The molecule has 17 heavy (non-hydrogen) atoms. The first-order valence-electron chi connectivity index (χ1n) is 5.88. The molecule has 0 bridgehead atoms. The van der Waals surface area contributed by atoms with Gasteiger partial charge in [0.1, 0.15) is 6.61 Å². The summed E-state index contributed by atoms with van der Waals surface area (Å²) in [5.74, 6) is 1.50. The van der Waals surface area contributed by atoms with Gasteiger partial charge in [-0.1, -0.05) is 12.1 Å². The highest BCUT2D eigenvalue weighted by molar-refractivity contribution is 5.39. The van der Waals surface area contributed by atoms with E-state index in [2.05, 4.69) is 5.32 Å². The lowest BCUT2D eigenvalue weighted by atomic mass is 10.2. The molecule has 1 aromatic rings. The minimum absolute atomic E-state index is 0.210. The molecule has 0 radical (unpaired) electrons. The van der Waals surface area contributed by atoms with E-state index in [4.69, 9.17) is 14.6 Å². The summed E-state index contributed by atoms with van der Waals surface area (Å²) in [5, 5.41) is 12.0. The SMILES string of the molecule is COc1ccccc1OCCNC(C)CCO. The van der Waals surface area contributed by atoms with E-state index in [9.17, 15) is 0 Å². The molecule has 0 aliphatic carbocycles. The van der Waals surface area contributed by atoms with Crippen molar-refractivity contribution in [2.75, 3.05) is 26.9 Å². The van der Waals surface area contributed by atoms with Gasteiger partial charge in [-0.05, 0) is 25.5 Å². The highest BCUT2D eigenvalue weighted by atomic mass is 16.5. The number of nitrogens with one attached hydrogen (secondary N) is 1. The quantitative estimate of drug-likeness (QED) is 0.674. The van der Waals surface area contributed by atoms with Gasteiger partial charge in [0, 0.05) is 19.2 Å². The molecule has 1 unspecified atom stereocenters. The summed E-state index contributed by atoms with van der Waals surface area (Å²) in [5.41, 5.74) is 0. The van der Waals surface area contributed by atoms with Gasteiger partial charge in [-0.15, -0.1) is 0 Å². The van der Waals surface area contributed by atoms with Crippen molar-refractivity contribution in [1.29, 1.82) is 0 Å². The minimum atomic E-state index is 0.210. The predicted octanol–water partition coefficient (Wildman–Crippen LogP) is 1.43. The van der Waals surface area contributed by atoms with Crippen molar-refractivity contribution < 1.29 is 14.6 Å². The van der Waals surface area contributed by atoms with Gasteiger partial charge in [0.2, 0.25) is 0 Å². The molecule has 0 spiro atoms. The Morgan fingerprint density at radius 2 is 2.00 bits per heavy atom. The van der Waals surface area contributed by atoms with Crippen molar-refractivity contribution in [3.05, 3.63) is 24.3 Å². The second-order valence-corrected chi connectivity index (χ2v) is 3.87. The lowest BCUT2D eigenvalue weighted by Gasteiger charge is -2.14. The number of methoxy groups -OCH3 is 1. The van der Waals surface area contributed by atoms with Gasteiger partial charge in [-0.2, -0.15) is 0 Å². The lowest BCUT2D eigenvalue weighted by Crippen LogP contribution is -2.30. The third kappa shape index (κ3) is 5.06. The zero-order valence-corrected chi connectivity index (χ0v) is 10.5. The number of para-hydroxylation sites is 2. The van der Waals surface area contributed by atoms with Crippen LogP contribution in [0.2, 0.25) is 0 Å². The Kier molecular flexibility index (Phi) is 6.43. The van der Waals surface area contributed by atoms with E-state index >= 15 is 0 Å². The highest BCUT2D eigenvalue weighted by Gasteiger charge is 2.03. The minimum Gasteiger partial charge on any atom is -0.493 e. The van der Waals surface area contributed by atoms with Crippen LogP contribution in [0, 0.1) is 0 Å². The second kappa shape index (κ2) is 7.92. The van der Waals surface area contributed by atoms with Crippen LogP contribution in [0.1, 0.15) is 13.3 Å². The average molecular weight is 239 g/mol. The Morgan fingerprint density at radius 3 is 2.65 bits per heavy atom. The Hall–Kier alpha value is -1.26. The van der Waals surface area contributed by atoms with Gasteiger partial charge in [-0.3, -0.25) is 0 Å². The molecule has 1 atom stereocenters. The van der Waals surface area contributed by atoms with Crippen LogP contribution in [0.25, 0.3) is 0 Å². The van der Waals surface area contributed by atoms with Crippen LogP contribution in [0.5, 0.6) is 11.5 Å². The molecule has 2 N–H and O–H groups in total. The van der Waals surface area contributed by atoms with E-state index in [1.54, 1.807) is 7.11 Å². The lowest BCUT2D eigenvalue weighted by molar-refractivity contribution is 0.256. The molecule has 1 rings (SSSR count). The molecule has 0 saturated heterocycles. The maximum absolute atomic E-state index is 8.75. The largest absolute Gasteiger partial charge is 0.493 e. The predicted molar refractivity (Wildman–Crippen MR) is 67.7 cm³/mol. The Labute approximate surface area is 103 Å². The van der Waals surface area contributed by atoms with Crippen LogP contribution in [-0.4, -0.2) is 38.0 Å². The number of hydrogen-bond acceptors (Lipinski definition) is 4. The molecule has 0 aliphatic rings. The van der Waals surface area contributed by atoms with E-state index in [0.29, 0.717) is 12.6 Å². The van der Waals surface area contributed by atoms with Crippen molar-refractivity contribution in [3.8, 4) is 11.5 Å². The maximum Gasteiger partial charge on any atom is 0.161 e. The maximum atomic E-state index is 8.75. The topological polar surface area (TPSA) is 50.7 Å². The smallest absolute Gasteiger partial charge is 0.161 e.